The molecule has 2 heterocycles. The Labute approximate surface area is 123 Å². The number of aryl methyl sites for hydroxylation is 1. The van der Waals surface area contributed by atoms with Crippen LogP contribution in [0.3, 0.4) is 0 Å². The van der Waals surface area contributed by atoms with Crippen molar-refractivity contribution in [3.8, 4) is 0 Å². The number of hydrogen-bond acceptors (Lipinski definition) is 7. The SMILES string of the molecule is Nc1ncnc2c1ncn2CCC(O)(P(=O)(O)O)P(=O)(O)O. The second kappa shape index (κ2) is 5.36. The smallest absolute Gasteiger partial charge is 0.369 e. The number of imidazole rings is 1. The van der Waals surface area contributed by atoms with Crippen LogP contribution < -0.4 is 5.73 Å². The summed E-state index contributed by atoms with van der Waals surface area (Å²) in [6, 6.07) is 0. The molecule has 0 saturated heterocycles. The molecule has 0 bridgehead atoms. The fourth-order valence-electron chi connectivity index (χ4n) is 1.79. The maximum atomic E-state index is 11.3. The van der Waals surface area contributed by atoms with E-state index >= 15 is 0 Å². The molecule has 2 rings (SSSR count). The van der Waals surface area contributed by atoms with E-state index in [2.05, 4.69) is 15.0 Å². The first-order valence-corrected chi connectivity index (χ1v) is 8.95. The zero-order valence-corrected chi connectivity index (χ0v) is 12.7. The van der Waals surface area contributed by atoms with Gasteiger partial charge in [-0.15, -0.1) is 0 Å². The molecule has 0 aromatic carbocycles. The van der Waals surface area contributed by atoms with Crippen molar-refractivity contribution in [1.82, 2.24) is 19.5 Å². The molecule has 0 saturated carbocycles. The van der Waals surface area contributed by atoms with Gasteiger partial charge in [-0.2, -0.15) is 0 Å². The molecule has 0 spiro atoms. The van der Waals surface area contributed by atoms with Gasteiger partial charge in [0, 0.05) is 13.0 Å². The van der Waals surface area contributed by atoms with E-state index in [0.29, 0.717) is 0 Å². The van der Waals surface area contributed by atoms with Crippen molar-refractivity contribution >= 4 is 32.2 Å². The Bertz CT molecular complexity index is 773. The average molecular weight is 353 g/mol. The van der Waals surface area contributed by atoms with Gasteiger partial charge in [-0.1, -0.05) is 0 Å². The zero-order chi connectivity index (χ0) is 16.8. The third-order valence-corrected chi connectivity index (χ3v) is 6.93. The summed E-state index contributed by atoms with van der Waals surface area (Å²) in [5, 5.41) is 6.30. The number of rotatable bonds is 5. The van der Waals surface area contributed by atoms with Crippen LogP contribution in [0.25, 0.3) is 11.2 Å². The van der Waals surface area contributed by atoms with Crippen LogP contribution in [0.2, 0.25) is 0 Å². The molecule has 0 amide bonds. The van der Waals surface area contributed by atoms with Gasteiger partial charge in [0.15, 0.2) is 11.5 Å². The molecule has 12 nitrogen and oxygen atoms in total. The van der Waals surface area contributed by atoms with E-state index in [-0.39, 0.29) is 23.5 Å². The molecule has 0 atom stereocenters. The van der Waals surface area contributed by atoms with E-state index in [4.69, 9.17) is 25.3 Å². The van der Waals surface area contributed by atoms with Crippen LogP contribution in [-0.4, -0.2) is 49.3 Å². The van der Waals surface area contributed by atoms with Crippen molar-refractivity contribution in [2.45, 2.75) is 18.0 Å². The number of nitrogens with two attached hydrogens (primary N) is 1. The zero-order valence-electron chi connectivity index (χ0n) is 10.9. The van der Waals surface area contributed by atoms with Gasteiger partial charge in [0.05, 0.1) is 6.33 Å². The fraction of sp³-hybridized carbons (Fsp3) is 0.375. The summed E-state index contributed by atoms with van der Waals surface area (Å²) in [4.78, 5) is 47.7. The van der Waals surface area contributed by atoms with Crippen LogP contribution in [0.5, 0.6) is 0 Å². The maximum absolute atomic E-state index is 11.3. The molecule has 14 heteroatoms. The topological polar surface area (TPSA) is 205 Å². The number of fused-ring (bicyclic) bond motifs is 1. The Morgan fingerprint density at radius 2 is 1.73 bits per heavy atom. The number of nitrogens with zero attached hydrogens (tertiary/aromatic N) is 4. The van der Waals surface area contributed by atoms with Gasteiger partial charge < -0.3 is 35.0 Å². The minimum atomic E-state index is -5.50. The van der Waals surface area contributed by atoms with Crippen molar-refractivity contribution in [2.24, 2.45) is 0 Å². The predicted molar refractivity (Wildman–Crippen MR) is 73.4 cm³/mol. The van der Waals surface area contributed by atoms with Gasteiger partial charge in [-0.3, -0.25) is 9.13 Å². The van der Waals surface area contributed by atoms with Gasteiger partial charge in [-0.25, -0.2) is 15.0 Å². The lowest BCUT2D eigenvalue weighted by Crippen LogP contribution is -2.30. The van der Waals surface area contributed by atoms with Gasteiger partial charge in [0.2, 0.25) is 0 Å². The van der Waals surface area contributed by atoms with E-state index in [1.165, 1.54) is 10.9 Å². The lowest BCUT2D eigenvalue weighted by atomic mass is 10.4. The van der Waals surface area contributed by atoms with Crippen molar-refractivity contribution in [2.75, 3.05) is 5.73 Å². The second-order valence-corrected chi connectivity index (χ2v) is 8.49. The average Bonchev–Trinajstić information content (AvgIpc) is 2.78. The van der Waals surface area contributed by atoms with E-state index in [1.54, 1.807) is 0 Å². The summed E-state index contributed by atoms with van der Waals surface area (Å²) in [6.45, 7) is -0.361. The predicted octanol–water partition coefficient (Wildman–Crippen LogP) is -1.20. The Balaban J connectivity index is 2.36. The Kier molecular flexibility index (Phi) is 4.13. The van der Waals surface area contributed by atoms with Crippen molar-refractivity contribution in [3.05, 3.63) is 12.7 Å². The van der Waals surface area contributed by atoms with Crippen LogP contribution >= 0.6 is 15.2 Å². The van der Waals surface area contributed by atoms with Crippen LogP contribution in [0.4, 0.5) is 5.82 Å². The first-order valence-electron chi connectivity index (χ1n) is 5.72. The molecule has 2 aromatic heterocycles. The minimum absolute atomic E-state index is 0.0731. The normalized spacial score (nSPS) is 13.7. The molecule has 0 unspecified atom stereocenters. The number of hydrogen-bond donors (Lipinski definition) is 6. The molecule has 0 aliphatic rings. The first-order chi connectivity index (χ1) is 9.97. The number of aliphatic hydroxyl groups is 1. The van der Waals surface area contributed by atoms with Crippen molar-refractivity contribution in [1.29, 1.82) is 0 Å². The van der Waals surface area contributed by atoms with Crippen molar-refractivity contribution < 1.29 is 33.8 Å². The Hall–Kier alpha value is -1.39. The molecular formula is C8H13N5O7P2. The maximum Gasteiger partial charge on any atom is 0.369 e. The molecule has 7 N–H and O–H groups in total. The van der Waals surface area contributed by atoms with E-state index in [9.17, 15) is 14.2 Å². The lowest BCUT2D eigenvalue weighted by Gasteiger charge is -2.29. The summed E-state index contributed by atoms with van der Waals surface area (Å²) in [6.07, 6.45) is 1.42. The monoisotopic (exact) mass is 353 g/mol. The Morgan fingerprint density at radius 3 is 2.27 bits per heavy atom. The molecule has 2 aromatic rings. The Morgan fingerprint density at radius 1 is 1.14 bits per heavy atom. The molecule has 0 aliphatic heterocycles. The van der Waals surface area contributed by atoms with Gasteiger partial charge in [0.1, 0.15) is 11.8 Å². The van der Waals surface area contributed by atoms with Crippen LogP contribution in [-0.2, 0) is 15.7 Å². The van der Waals surface area contributed by atoms with Crippen LogP contribution in [0.15, 0.2) is 12.7 Å². The molecule has 0 fully saturated rings. The summed E-state index contributed by atoms with van der Waals surface area (Å²) >= 11 is 0. The van der Waals surface area contributed by atoms with Gasteiger partial charge in [0.25, 0.3) is 5.08 Å². The minimum Gasteiger partial charge on any atom is -0.382 e. The van der Waals surface area contributed by atoms with E-state index in [1.807, 2.05) is 0 Å². The molecule has 22 heavy (non-hydrogen) atoms. The quantitative estimate of drug-likeness (QED) is 0.352. The van der Waals surface area contributed by atoms with Crippen molar-refractivity contribution in [3.63, 3.8) is 0 Å². The molecular weight excluding hydrogens is 340 g/mol. The van der Waals surface area contributed by atoms with E-state index in [0.717, 1.165) is 6.33 Å². The third-order valence-electron chi connectivity index (χ3n) is 3.05. The molecule has 122 valence electrons. The van der Waals surface area contributed by atoms with Gasteiger partial charge in [-0.05, 0) is 0 Å². The first kappa shape index (κ1) is 17.0. The standard InChI is InChI=1S/C8H13N5O7P2/c9-6-5-7(11-3-10-6)13(4-12-5)2-1-8(14,21(15,16)17)22(18,19)20/h3-4,14H,1-2H2,(H2,9,10,11)(H2,15,16,17)(H2,18,19,20). The summed E-state index contributed by atoms with van der Waals surface area (Å²) in [5.74, 6) is 0.0731. The third kappa shape index (κ3) is 2.77. The summed E-state index contributed by atoms with van der Waals surface area (Å²) in [7, 11) is -11.0. The number of aromatic nitrogens is 4. The highest BCUT2D eigenvalue weighted by Gasteiger charge is 2.58. The van der Waals surface area contributed by atoms with Gasteiger partial charge >= 0.3 is 15.2 Å². The lowest BCUT2D eigenvalue weighted by molar-refractivity contribution is 0.119. The fourth-order valence-corrected chi connectivity index (χ4v) is 3.93. The number of nitrogen functional groups attached to an aromatic ring is 1. The van der Waals surface area contributed by atoms with Crippen LogP contribution in [0, 0.1) is 0 Å². The highest BCUT2D eigenvalue weighted by atomic mass is 31.2. The second-order valence-electron chi connectivity index (χ2n) is 4.48. The highest BCUT2D eigenvalue weighted by Crippen LogP contribution is 2.69. The summed E-state index contributed by atoms with van der Waals surface area (Å²) in [5.41, 5.74) is 5.99. The molecule has 0 aliphatic carbocycles. The summed E-state index contributed by atoms with van der Waals surface area (Å²) < 4.78 is 23.8. The number of anilines is 1. The van der Waals surface area contributed by atoms with Crippen LogP contribution in [0.1, 0.15) is 6.42 Å². The van der Waals surface area contributed by atoms with E-state index < -0.39 is 26.7 Å². The largest absolute Gasteiger partial charge is 0.382 e. The molecule has 0 radical (unpaired) electrons. The highest BCUT2D eigenvalue weighted by molar-refractivity contribution is 7.72.